The van der Waals surface area contributed by atoms with Crippen molar-refractivity contribution in [3.05, 3.63) is 29.3 Å². The van der Waals surface area contributed by atoms with Gasteiger partial charge < -0.3 is 15.0 Å². The Morgan fingerprint density at radius 3 is 2.87 bits per heavy atom. The predicted octanol–water partition coefficient (Wildman–Crippen LogP) is 2.49. The molecule has 1 saturated carbocycles. The molecule has 0 bridgehead atoms. The third-order valence-electron chi connectivity index (χ3n) is 5.42. The van der Waals surface area contributed by atoms with Crippen LogP contribution in [-0.2, 0) is 10.2 Å². The Bertz CT molecular complexity index is 579. The van der Waals surface area contributed by atoms with Gasteiger partial charge in [-0.15, -0.1) is 0 Å². The fraction of sp³-hybridized carbons (Fsp3) is 0.632. The van der Waals surface area contributed by atoms with Crippen molar-refractivity contribution in [2.75, 3.05) is 33.8 Å². The number of amides is 1. The molecule has 1 atom stereocenters. The predicted molar refractivity (Wildman–Crippen MR) is 91.9 cm³/mol. The van der Waals surface area contributed by atoms with E-state index in [2.05, 4.69) is 28.4 Å². The van der Waals surface area contributed by atoms with Crippen LogP contribution in [0.3, 0.4) is 0 Å². The minimum Gasteiger partial charge on any atom is -0.496 e. The van der Waals surface area contributed by atoms with Crippen molar-refractivity contribution in [3.63, 3.8) is 0 Å². The van der Waals surface area contributed by atoms with Gasteiger partial charge in [0.1, 0.15) is 5.75 Å². The van der Waals surface area contributed by atoms with E-state index in [0.717, 1.165) is 55.8 Å². The number of hydrogen-bond donors (Lipinski definition) is 1. The van der Waals surface area contributed by atoms with E-state index >= 15 is 0 Å². The van der Waals surface area contributed by atoms with Gasteiger partial charge >= 0.3 is 0 Å². The molecular formula is C19H28N2O2. The summed E-state index contributed by atoms with van der Waals surface area (Å²) >= 11 is 0. The summed E-state index contributed by atoms with van der Waals surface area (Å²) in [5.74, 6) is 1.79. The summed E-state index contributed by atoms with van der Waals surface area (Å²) in [6.45, 7) is 4.83. The van der Waals surface area contributed by atoms with Crippen molar-refractivity contribution < 1.29 is 9.53 Å². The maximum absolute atomic E-state index is 13.2. The number of likely N-dealkylation sites (tertiary alicyclic amines) is 1. The number of benzene rings is 1. The molecule has 1 aliphatic carbocycles. The number of piperidine rings is 1. The molecule has 0 aromatic heterocycles. The molecule has 1 saturated heterocycles. The molecular weight excluding hydrogens is 288 g/mol. The Labute approximate surface area is 139 Å². The van der Waals surface area contributed by atoms with Crippen LogP contribution < -0.4 is 10.1 Å². The lowest BCUT2D eigenvalue weighted by Gasteiger charge is -2.35. The number of aryl methyl sites for hydroxylation is 1. The molecule has 1 N–H and O–H groups in total. The van der Waals surface area contributed by atoms with Gasteiger partial charge in [0.15, 0.2) is 0 Å². The summed E-state index contributed by atoms with van der Waals surface area (Å²) in [6, 6.07) is 6.24. The fourth-order valence-corrected chi connectivity index (χ4v) is 3.88. The summed E-state index contributed by atoms with van der Waals surface area (Å²) in [7, 11) is 3.68. The van der Waals surface area contributed by atoms with E-state index < -0.39 is 0 Å². The number of ether oxygens (including phenoxy) is 1. The van der Waals surface area contributed by atoms with Crippen LogP contribution in [0.25, 0.3) is 0 Å². The molecule has 1 aliphatic heterocycles. The highest BCUT2D eigenvalue weighted by molar-refractivity contribution is 5.91. The number of carbonyl (C=O) groups is 1. The summed E-state index contributed by atoms with van der Waals surface area (Å²) in [5.41, 5.74) is 1.95. The first kappa shape index (κ1) is 16.3. The first-order valence-electron chi connectivity index (χ1n) is 8.70. The highest BCUT2D eigenvalue weighted by atomic mass is 16.5. The summed E-state index contributed by atoms with van der Waals surface area (Å²) in [6.07, 6.45) is 4.26. The second-order valence-electron chi connectivity index (χ2n) is 7.08. The number of nitrogens with zero attached hydrogens (tertiary/aromatic N) is 1. The zero-order chi connectivity index (χ0) is 16.4. The molecule has 4 heteroatoms. The molecule has 0 radical (unpaired) electrons. The third kappa shape index (κ3) is 3.09. The molecule has 1 aromatic rings. The van der Waals surface area contributed by atoms with Crippen molar-refractivity contribution in [2.24, 2.45) is 5.92 Å². The van der Waals surface area contributed by atoms with Gasteiger partial charge in [0, 0.05) is 13.1 Å². The third-order valence-corrected chi connectivity index (χ3v) is 5.42. The SMILES string of the molecule is CNCC1CCCN(C(=O)C2(c3ccc(C)c(OC)c3)CC2)C1. The van der Waals surface area contributed by atoms with Crippen LogP contribution in [0.5, 0.6) is 5.75 Å². The molecule has 2 fully saturated rings. The van der Waals surface area contributed by atoms with Crippen LogP contribution in [0.4, 0.5) is 0 Å². The van der Waals surface area contributed by atoms with Crippen molar-refractivity contribution in [1.29, 1.82) is 0 Å². The van der Waals surface area contributed by atoms with E-state index in [-0.39, 0.29) is 5.41 Å². The average molecular weight is 316 g/mol. The molecule has 126 valence electrons. The van der Waals surface area contributed by atoms with Gasteiger partial charge in [0.25, 0.3) is 0 Å². The van der Waals surface area contributed by atoms with Crippen molar-refractivity contribution >= 4 is 5.91 Å². The van der Waals surface area contributed by atoms with E-state index in [9.17, 15) is 4.79 Å². The van der Waals surface area contributed by atoms with E-state index in [1.165, 1.54) is 6.42 Å². The number of nitrogens with one attached hydrogen (secondary N) is 1. The van der Waals surface area contributed by atoms with Crippen LogP contribution in [0.1, 0.15) is 36.8 Å². The van der Waals surface area contributed by atoms with Crippen LogP contribution >= 0.6 is 0 Å². The van der Waals surface area contributed by atoms with Gasteiger partial charge in [-0.1, -0.05) is 12.1 Å². The Morgan fingerprint density at radius 2 is 2.22 bits per heavy atom. The standard InChI is InChI=1S/C19H28N2O2/c1-14-6-7-16(11-17(14)23-3)19(8-9-19)18(22)21-10-4-5-15(13-21)12-20-2/h6-7,11,15,20H,4-5,8-10,12-13H2,1-3H3. The molecule has 1 unspecified atom stereocenters. The molecule has 0 spiro atoms. The van der Waals surface area contributed by atoms with E-state index in [1.807, 2.05) is 14.0 Å². The van der Waals surface area contributed by atoms with E-state index in [4.69, 9.17) is 4.74 Å². The Morgan fingerprint density at radius 1 is 1.43 bits per heavy atom. The molecule has 1 aromatic carbocycles. The maximum Gasteiger partial charge on any atom is 0.233 e. The first-order chi connectivity index (χ1) is 11.1. The van der Waals surface area contributed by atoms with Crippen LogP contribution in [-0.4, -0.2) is 44.6 Å². The van der Waals surface area contributed by atoms with Gasteiger partial charge in [-0.2, -0.15) is 0 Å². The lowest BCUT2D eigenvalue weighted by atomic mass is 9.90. The summed E-state index contributed by atoms with van der Waals surface area (Å²) in [4.78, 5) is 15.3. The van der Waals surface area contributed by atoms with Gasteiger partial charge in [-0.05, 0) is 69.3 Å². The molecule has 1 amide bonds. The topological polar surface area (TPSA) is 41.6 Å². The maximum atomic E-state index is 13.2. The lowest BCUT2D eigenvalue weighted by molar-refractivity contribution is -0.135. The molecule has 2 aliphatic rings. The molecule has 1 heterocycles. The normalized spacial score (nSPS) is 22.7. The minimum atomic E-state index is -0.289. The molecule has 23 heavy (non-hydrogen) atoms. The summed E-state index contributed by atoms with van der Waals surface area (Å²) < 4.78 is 5.45. The van der Waals surface area contributed by atoms with E-state index in [0.29, 0.717) is 11.8 Å². The fourth-order valence-electron chi connectivity index (χ4n) is 3.88. The molecule has 4 nitrogen and oxygen atoms in total. The zero-order valence-electron chi connectivity index (χ0n) is 14.5. The van der Waals surface area contributed by atoms with Crippen molar-refractivity contribution in [2.45, 2.75) is 38.0 Å². The van der Waals surface area contributed by atoms with Gasteiger partial charge in [0.2, 0.25) is 5.91 Å². The van der Waals surface area contributed by atoms with Crippen LogP contribution in [0, 0.1) is 12.8 Å². The first-order valence-corrected chi connectivity index (χ1v) is 8.70. The van der Waals surface area contributed by atoms with Crippen LogP contribution in [0.15, 0.2) is 18.2 Å². The van der Waals surface area contributed by atoms with Crippen molar-refractivity contribution in [1.82, 2.24) is 10.2 Å². The van der Waals surface area contributed by atoms with Gasteiger partial charge in [-0.25, -0.2) is 0 Å². The quantitative estimate of drug-likeness (QED) is 0.907. The molecule has 3 rings (SSSR count). The van der Waals surface area contributed by atoms with Gasteiger partial charge in [0.05, 0.1) is 12.5 Å². The average Bonchev–Trinajstić information content (AvgIpc) is 3.37. The Hall–Kier alpha value is -1.55. The number of methoxy groups -OCH3 is 1. The Kier molecular flexibility index (Phi) is 4.62. The minimum absolute atomic E-state index is 0.289. The zero-order valence-corrected chi connectivity index (χ0v) is 14.5. The lowest BCUT2D eigenvalue weighted by Crippen LogP contribution is -2.46. The van der Waals surface area contributed by atoms with Gasteiger partial charge in [-0.3, -0.25) is 4.79 Å². The van der Waals surface area contributed by atoms with Crippen molar-refractivity contribution in [3.8, 4) is 5.75 Å². The monoisotopic (exact) mass is 316 g/mol. The number of carbonyl (C=O) groups excluding carboxylic acids is 1. The second kappa shape index (κ2) is 6.52. The van der Waals surface area contributed by atoms with E-state index in [1.54, 1.807) is 7.11 Å². The highest BCUT2D eigenvalue weighted by Gasteiger charge is 2.53. The second-order valence-corrected chi connectivity index (χ2v) is 7.08. The number of hydrogen-bond acceptors (Lipinski definition) is 3. The van der Waals surface area contributed by atoms with Crippen LogP contribution in [0.2, 0.25) is 0 Å². The highest BCUT2D eigenvalue weighted by Crippen LogP contribution is 2.50. The summed E-state index contributed by atoms with van der Waals surface area (Å²) in [5, 5.41) is 3.25. The smallest absolute Gasteiger partial charge is 0.233 e. The number of rotatable bonds is 5. The Balaban J connectivity index is 1.78. The largest absolute Gasteiger partial charge is 0.496 e.